The molecule has 3 heteroatoms. The number of rotatable bonds is 5. The number of carbonyl (C=O) groups excluding carboxylic acids is 1. The van der Waals surface area contributed by atoms with Gasteiger partial charge in [0.15, 0.2) is 0 Å². The van der Waals surface area contributed by atoms with Crippen LogP contribution in [-0.4, -0.2) is 36.6 Å². The molecule has 1 aliphatic rings. The molecule has 1 atom stereocenters. The molecule has 1 fully saturated rings. The summed E-state index contributed by atoms with van der Waals surface area (Å²) in [5.74, 6) is 0.460. The maximum absolute atomic E-state index is 11.1. The highest BCUT2D eigenvalue weighted by molar-refractivity contribution is 5.81. The van der Waals surface area contributed by atoms with E-state index in [1.807, 2.05) is 13.0 Å². The average molecular weight is 225 g/mol. The van der Waals surface area contributed by atoms with Crippen molar-refractivity contribution in [1.29, 1.82) is 0 Å². The summed E-state index contributed by atoms with van der Waals surface area (Å²) in [7, 11) is 0. The molecule has 0 bridgehead atoms. The van der Waals surface area contributed by atoms with Gasteiger partial charge in [-0.1, -0.05) is 19.9 Å². The summed E-state index contributed by atoms with van der Waals surface area (Å²) in [5, 5.41) is 0. The van der Waals surface area contributed by atoms with Crippen molar-refractivity contribution in [2.45, 2.75) is 39.7 Å². The number of nitrogens with zero attached hydrogens (tertiary/aromatic N) is 1. The minimum atomic E-state index is -0.234. The first-order chi connectivity index (χ1) is 7.65. The van der Waals surface area contributed by atoms with Gasteiger partial charge in [0.1, 0.15) is 0 Å². The Morgan fingerprint density at radius 2 is 2.31 bits per heavy atom. The largest absolute Gasteiger partial charge is 0.463 e. The van der Waals surface area contributed by atoms with Crippen LogP contribution in [0.15, 0.2) is 12.2 Å². The third kappa shape index (κ3) is 3.97. The van der Waals surface area contributed by atoms with E-state index in [2.05, 4.69) is 18.7 Å². The molecular weight excluding hydrogens is 202 g/mol. The van der Waals surface area contributed by atoms with E-state index in [-0.39, 0.29) is 5.97 Å². The minimum Gasteiger partial charge on any atom is -0.463 e. The highest BCUT2D eigenvalue weighted by atomic mass is 16.5. The first-order valence-corrected chi connectivity index (χ1v) is 6.22. The zero-order valence-electron chi connectivity index (χ0n) is 10.6. The Morgan fingerprint density at radius 3 is 2.94 bits per heavy atom. The Balaban J connectivity index is 2.34. The summed E-state index contributed by atoms with van der Waals surface area (Å²) in [5.41, 5.74) is 0. The lowest BCUT2D eigenvalue weighted by atomic mass is 10.0. The first-order valence-electron chi connectivity index (χ1n) is 6.22. The van der Waals surface area contributed by atoms with Crippen molar-refractivity contribution in [1.82, 2.24) is 4.90 Å². The number of hydrogen-bond acceptors (Lipinski definition) is 3. The Hall–Kier alpha value is -0.830. The Labute approximate surface area is 98.5 Å². The fourth-order valence-corrected chi connectivity index (χ4v) is 2.31. The third-order valence-corrected chi connectivity index (χ3v) is 3.06. The summed E-state index contributed by atoms with van der Waals surface area (Å²) < 4.78 is 4.84. The Kier molecular flexibility index (Phi) is 5.53. The molecule has 0 radical (unpaired) electrons. The Bertz CT molecular complexity index is 248. The van der Waals surface area contributed by atoms with Gasteiger partial charge in [-0.15, -0.1) is 0 Å². The molecule has 0 spiro atoms. The van der Waals surface area contributed by atoms with Gasteiger partial charge in [-0.2, -0.15) is 0 Å². The van der Waals surface area contributed by atoms with Gasteiger partial charge in [0, 0.05) is 18.7 Å². The summed E-state index contributed by atoms with van der Waals surface area (Å²) in [6.07, 6.45) is 6.01. The Morgan fingerprint density at radius 1 is 1.56 bits per heavy atom. The van der Waals surface area contributed by atoms with Crippen molar-refractivity contribution in [2.24, 2.45) is 5.92 Å². The molecule has 3 nitrogen and oxygen atoms in total. The minimum absolute atomic E-state index is 0.234. The molecular formula is C13H23NO2. The lowest BCUT2D eigenvalue weighted by Crippen LogP contribution is -2.33. The fourth-order valence-electron chi connectivity index (χ4n) is 2.31. The van der Waals surface area contributed by atoms with Gasteiger partial charge in [-0.05, 0) is 32.2 Å². The topological polar surface area (TPSA) is 29.5 Å². The SMILES string of the molecule is CCOC(=O)/C=C/CN1CCCC1C(C)C. The summed E-state index contributed by atoms with van der Waals surface area (Å²) >= 11 is 0. The molecule has 92 valence electrons. The van der Waals surface area contributed by atoms with Crippen molar-refractivity contribution in [3.05, 3.63) is 12.2 Å². The zero-order chi connectivity index (χ0) is 12.0. The normalized spacial score (nSPS) is 22.1. The summed E-state index contributed by atoms with van der Waals surface area (Å²) in [6.45, 7) is 8.80. The molecule has 1 saturated heterocycles. The van der Waals surface area contributed by atoms with Crippen LogP contribution >= 0.6 is 0 Å². The average Bonchev–Trinajstić information content (AvgIpc) is 2.66. The standard InChI is InChI=1S/C13H23NO2/c1-4-16-13(15)8-6-10-14-9-5-7-12(14)11(2)3/h6,8,11-12H,4-5,7,9-10H2,1-3H3/b8-6+. The monoisotopic (exact) mass is 225 g/mol. The first kappa shape index (κ1) is 13.2. The van der Waals surface area contributed by atoms with Crippen LogP contribution in [-0.2, 0) is 9.53 Å². The van der Waals surface area contributed by atoms with Crippen LogP contribution in [0.25, 0.3) is 0 Å². The van der Waals surface area contributed by atoms with Crippen molar-refractivity contribution in [3.8, 4) is 0 Å². The fraction of sp³-hybridized carbons (Fsp3) is 0.769. The molecule has 0 aromatic carbocycles. The van der Waals surface area contributed by atoms with Gasteiger partial charge in [-0.3, -0.25) is 4.90 Å². The maximum atomic E-state index is 11.1. The van der Waals surface area contributed by atoms with E-state index in [1.54, 1.807) is 6.08 Å². The summed E-state index contributed by atoms with van der Waals surface area (Å²) in [4.78, 5) is 13.5. The highest BCUT2D eigenvalue weighted by Crippen LogP contribution is 2.23. The van der Waals surface area contributed by atoms with Crippen molar-refractivity contribution < 1.29 is 9.53 Å². The van der Waals surface area contributed by atoms with Crippen LogP contribution in [0.4, 0.5) is 0 Å². The molecule has 0 aromatic rings. The van der Waals surface area contributed by atoms with Crippen molar-refractivity contribution in [2.75, 3.05) is 19.7 Å². The van der Waals surface area contributed by atoms with Crippen LogP contribution in [0.2, 0.25) is 0 Å². The molecule has 0 N–H and O–H groups in total. The molecule has 1 heterocycles. The molecule has 0 amide bonds. The lowest BCUT2D eigenvalue weighted by molar-refractivity contribution is -0.137. The van der Waals surface area contributed by atoms with Crippen LogP contribution < -0.4 is 0 Å². The van der Waals surface area contributed by atoms with Gasteiger partial charge >= 0.3 is 5.97 Å². The van der Waals surface area contributed by atoms with Crippen LogP contribution in [0.1, 0.15) is 33.6 Å². The second-order valence-electron chi connectivity index (χ2n) is 4.60. The van der Waals surface area contributed by atoms with E-state index >= 15 is 0 Å². The van der Waals surface area contributed by atoms with Gasteiger partial charge in [0.2, 0.25) is 0 Å². The number of esters is 1. The van der Waals surface area contributed by atoms with E-state index in [4.69, 9.17) is 4.74 Å². The summed E-state index contributed by atoms with van der Waals surface area (Å²) in [6, 6.07) is 0.673. The number of carbonyl (C=O) groups is 1. The maximum Gasteiger partial charge on any atom is 0.330 e. The quantitative estimate of drug-likeness (QED) is 0.531. The highest BCUT2D eigenvalue weighted by Gasteiger charge is 2.25. The lowest BCUT2D eigenvalue weighted by Gasteiger charge is -2.26. The zero-order valence-corrected chi connectivity index (χ0v) is 10.6. The smallest absolute Gasteiger partial charge is 0.330 e. The van der Waals surface area contributed by atoms with E-state index in [1.165, 1.54) is 12.8 Å². The van der Waals surface area contributed by atoms with Crippen LogP contribution in [0.3, 0.4) is 0 Å². The van der Waals surface area contributed by atoms with Gasteiger partial charge in [0.25, 0.3) is 0 Å². The van der Waals surface area contributed by atoms with E-state index in [0.717, 1.165) is 13.1 Å². The molecule has 1 rings (SSSR count). The van der Waals surface area contributed by atoms with Crippen LogP contribution in [0, 0.1) is 5.92 Å². The van der Waals surface area contributed by atoms with Crippen molar-refractivity contribution >= 4 is 5.97 Å². The van der Waals surface area contributed by atoms with E-state index in [0.29, 0.717) is 18.6 Å². The second kappa shape index (κ2) is 6.69. The van der Waals surface area contributed by atoms with E-state index < -0.39 is 0 Å². The predicted molar refractivity (Wildman–Crippen MR) is 65.2 cm³/mol. The number of hydrogen-bond donors (Lipinski definition) is 0. The molecule has 16 heavy (non-hydrogen) atoms. The third-order valence-electron chi connectivity index (χ3n) is 3.06. The predicted octanol–water partition coefficient (Wildman–Crippen LogP) is 2.23. The number of likely N-dealkylation sites (tertiary alicyclic amines) is 1. The van der Waals surface area contributed by atoms with Gasteiger partial charge in [-0.25, -0.2) is 4.79 Å². The molecule has 1 unspecified atom stereocenters. The van der Waals surface area contributed by atoms with Gasteiger partial charge in [0.05, 0.1) is 6.61 Å². The molecule has 0 saturated carbocycles. The van der Waals surface area contributed by atoms with Crippen molar-refractivity contribution in [3.63, 3.8) is 0 Å². The molecule has 1 aliphatic heterocycles. The second-order valence-corrected chi connectivity index (χ2v) is 4.60. The van der Waals surface area contributed by atoms with Gasteiger partial charge < -0.3 is 4.74 Å². The molecule has 0 aromatic heterocycles. The van der Waals surface area contributed by atoms with E-state index in [9.17, 15) is 4.79 Å². The number of ether oxygens (including phenoxy) is 1. The van der Waals surface area contributed by atoms with Crippen LogP contribution in [0.5, 0.6) is 0 Å². The molecule has 0 aliphatic carbocycles.